The van der Waals surface area contributed by atoms with Gasteiger partial charge < -0.3 is 20.5 Å². The molecule has 1 unspecified atom stereocenters. The molecule has 3 rings (SSSR count). The maximum absolute atomic E-state index is 13.9. The van der Waals surface area contributed by atoms with Crippen LogP contribution in [0.4, 0.5) is 10.2 Å². The summed E-state index contributed by atoms with van der Waals surface area (Å²) in [7, 11) is 0. The lowest BCUT2D eigenvalue weighted by atomic mass is 10.0. The van der Waals surface area contributed by atoms with E-state index in [0.29, 0.717) is 6.61 Å². The van der Waals surface area contributed by atoms with Crippen molar-refractivity contribution in [1.29, 1.82) is 0 Å². The number of ether oxygens (including phenoxy) is 1. The second-order valence-corrected chi connectivity index (χ2v) is 8.72. The SMILES string of the molecule is CC(CCc1ccc2c(n1)NCCC2)COCC[C@H](NC(=O)c1c(F)cccc1Cl)C(=O)O. The average Bonchev–Trinajstić information content (AvgIpc) is 2.79. The van der Waals surface area contributed by atoms with Gasteiger partial charge in [0, 0.05) is 31.9 Å². The molecule has 2 heterocycles. The fourth-order valence-corrected chi connectivity index (χ4v) is 3.92. The number of hydrogen-bond acceptors (Lipinski definition) is 5. The highest BCUT2D eigenvalue weighted by Gasteiger charge is 2.24. The first kappa shape index (κ1) is 24.9. The number of halogens is 2. The number of aliphatic carboxylic acids is 1. The highest BCUT2D eigenvalue weighted by atomic mass is 35.5. The van der Waals surface area contributed by atoms with Crippen LogP contribution in [0.15, 0.2) is 30.3 Å². The number of carbonyl (C=O) groups is 2. The third-order valence-corrected chi connectivity index (χ3v) is 5.91. The molecule has 2 atom stereocenters. The van der Waals surface area contributed by atoms with Gasteiger partial charge in [-0.1, -0.05) is 30.7 Å². The summed E-state index contributed by atoms with van der Waals surface area (Å²) in [6.45, 7) is 3.63. The third kappa shape index (κ3) is 7.14. The first-order valence-corrected chi connectivity index (χ1v) is 11.5. The van der Waals surface area contributed by atoms with E-state index in [1.165, 1.54) is 17.7 Å². The minimum atomic E-state index is -1.22. The van der Waals surface area contributed by atoms with Crippen molar-refractivity contribution in [2.24, 2.45) is 5.92 Å². The Morgan fingerprint density at radius 3 is 2.88 bits per heavy atom. The zero-order valence-corrected chi connectivity index (χ0v) is 19.3. The Labute approximate surface area is 197 Å². The first-order valence-electron chi connectivity index (χ1n) is 11.1. The standard InChI is InChI=1S/C24H29ClFN3O4/c1-15(7-9-17-10-8-16-4-3-12-27-22(16)28-17)14-33-13-11-20(24(31)32)29-23(30)21-18(25)5-2-6-19(21)26/h2,5-6,8,10,15,20H,3-4,7,9,11-14H2,1H3,(H,27,28)(H,29,30)(H,31,32)/t15?,20-/m0/s1. The van der Waals surface area contributed by atoms with Crippen molar-refractivity contribution in [3.8, 4) is 0 Å². The lowest BCUT2D eigenvalue weighted by molar-refractivity contribution is -0.139. The number of carboxylic acids is 1. The molecule has 0 aliphatic carbocycles. The van der Waals surface area contributed by atoms with Crippen molar-refractivity contribution in [2.45, 2.75) is 45.1 Å². The van der Waals surface area contributed by atoms with Crippen LogP contribution in [0.5, 0.6) is 0 Å². The van der Waals surface area contributed by atoms with E-state index in [2.05, 4.69) is 29.7 Å². The van der Waals surface area contributed by atoms with Crippen LogP contribution in [0, 0.1) is 11.7 Å². The van der Waals surface area contributed by atoms with Gasteiger partial charge in [0.2, 0.25) is 0 Å². The van der Waals surface area contributed by atoms with E-state index in [0.717, 1.165) is 49.8 Å². The number of carbonyl (C=O) groups excluding carboxylic acids is 1. The fourth-order valence-electron chi connectivity index (χ4n) is 3.67. The number of carboxylic acid groups (broad SMARTS) is 1. The molecule has 178 valence electrons. The summed E-state index contributed by atoms with van der Waals surface area (Å²) in [6.07, 6.45) is 3.96. The number of aromatic nitrogens is 1. The fraction of sp³-hybridized carbons (Fsp3) is 0.458. The number of nitrogens with zero attached hydrogens (tertiary/aromatic N) is 1. The molecule has 1 amide bonds. The number of aryl methyl sites for hydroxylation is 2. The second kappa shape index (κ2) is 12.0. The van der Waals surface area contributed by atoms with E-state index in [1.807, 2.05) is 0 Å². The van der Waals surface area contributed by atoms with Gasteiger partial charge in [-0.05, 0) is 55.4 Å². The minimum absolute atomic E-state index is 0.0535. The van der Waals surface area contributed by atoms with Crippen molar-refractivity contribution in [3.63, 3.8) is 0 Å². The smallest absolute Gasteiger partial charge is 0.326 e. The van der Waals surface area contributed by atoms with Crippen LogP contribution in [0.2, 0.25) is 5.02 Å². The second-order valence-electron chi connectivity index (χ2n) is 8.31. The Morgan fingerprint density at radius 1 is 1.30 bits per heavy atom. The van der Waals surface area contributed by atoms with Crippen molar-refractivity contribution in [2.75, 3.05) is 25.1 Å². The van der Waals surface area contributed by atoms with Crippen molar-refractivity contribution >= 4 is 29.3 Å². The van der Waals surface area contributed by atoms with Crippen molar-refractivity contribution < 1.29 is 23.8 Å². The molecular weight excluding hydrogens is 449 g/mol. The Kier molecular flexibility index (Phi) is 9.03. The van der Waals surface area contributed by atoms with Gasteiger partial charge >= 0.3 is 5.97 Å². The lowest BCUT2D eigenvalue weighted by Gasteiger charge is -2.18. The number of benzene rings is 1. The van der Waals surface area contributed by atoms with Crippen LogP contribution in [0.1, 0.15) is 47.8 Å². The van der Waals surface area contributed by atoms with E-state index in [9.17, 15) is 19.1 Å². The summed E-state index contributed by atoms with van der Waals surface area (Å²) in [5.74, 6) is -1.66. The van der Waals surface area contributed by atoms with Crippen LogP contribution < -0.4 is 10.6 Å². The van der Waals surface area contributed by atoms with Crippen LogP contribution in [-0.2, 0) is 22.4 Å². The number of anilines is 1. The van der Waals surface area contributed by atoms with Gasteiger partial charge in [-0.15, -0.1) is 0 Å². The van der Waals surface area contributed by atoms with Gasteiger partial charge in [0.1, 0.15) is 17.7 Å². The predicted molar refractivity (Wildman–Crippen MR) is 124 cm³/mol. The topological polar surface area (TPSA) is 101 Å². The molecule has 0 saturated heterocycles. The van der Waals surface area contributed by atoms with E-state index in [4.69, 9.17) is 21.3 Å². The van der Waals surface area contributed by atoms with Gasteiger partial charge in [0.05, 0.1) is 10.6 Å². The van der Waals surface area contributed by atoms with Crippen molar-refractivity contribution in [1.82, 2.24) is 10.3 Å². The van der Waals surface area contributed by atoms with E-state index in [-0.39, 0.29) is 29.5 Å². The summed E-state index contributed by atoms with van der Waals surface area (Å²) in [5, 5.41) is 15.0. The largest absolute Gasteiger partial charge is 0.480 e. The highest BCUT2D eigenvalue weighted by Crippen LogP contribution is 2.21. The molecule has 0 fully saturated rings. The van der Waals surface area contributed by atoms with Gasteiger partial charge in [-0.2, -0.15) is 0 Å². The Hall–Kier alpha value is -2.71. The molecule has 2 aromatic rings. The number of nitrogens with one attached hydrogen (secondary N) is 2. The summed E-state index contributed by atoms with van der Waals surface area (Å²) in [4.78, 5) is 28.5. The third-order valence-electron chi connectivity index (χ3n) is 5.59. The van der Waals surface area contributed by atoms with Crippen molar-refractivity contribution in [3.05, 3.63) is 58.0 Å². The maximum atomic E-state index is 13.9. The molecule has 0 spiro atoms. The summed E-state index contributed by atoms with van der Waals surface area (Å²) < 4.78 is 19.5. The van der Waals surface area contributed by atoms with E-state index < -0.39 is 23.7 Å². The van der Waals surface area contributed by atoms with E-state index >= 15 is 0 Å². The summed E-state index contributed by atoms with van der Waals surface area (Å²) >= 11 is 5.88. The molecule has 1 aliphatic heterocycles. The number of rotatable bonds is 11. The number of fused-ring (bicyclic) bond motifs is 1. The molecule has 0 saturated carbocycles. The Morgan fingerprint density at radius 2 is 2.12 bits per heavy atom. The number of pyridine rings is 1. The monoisotopic (exact) mass is 477 g/mol. The minimum Gasteiger partial charge on any atom is -0.480 e. The van der Waals surface area contributed by atoms with Gasteiger partial charge in [0.25, 0.3) is 5.91 Å². The highest BCUT2D eigenvalue weighted by molar-refractivity contribution is 6.33. The van der Waals surface area contributed by atoms with Gasteiger partial charge in [-0.3, -0.25) is 4.79 Å². The Bertz CT molecular complexity index is 968. The molecular formula is C24H29ClFN3O4. The lowest BCUT2D eigenvalue weighted by Crippen LogP contribution is -2.42. The Balaban J connectivity index is 1.40. The molecule has 9 heteroatoms. The molecule has 1 aromatic carbocycles. The molecule has 0 radical (unpaired) electrons. The predicted octanol–water partition coefficient (Wildman–Crippen LogP) is 4.09. The molecule has 0 bridgehead atoms. The van der Waals surface area contributed by atoms with Crippen LogP contribution in [0.3, 0.4) is 0 Å². The zero-order valence-electron chi connectivity index (χ0n) is 18.6. The number of hydrogen-bond donors (Lipinski definition) is 3. The summed E-state index contributed by atoms with van der Waals surface area (Å²) in [5.41, 5.74) is 1.93. The maximum Gasteiger partial charge on any atom is 0.326 e. The van der Waals surface area contributed by atoms with Crippen LogP contribution >= 0.6 is 11.6 Å². The zero-order chi connectivity index (χ0) is 23.8. The van der Waals surface area contributed by atoms with Crippen LogP contribution in [-0.4, -0.2) is 47.8 Å². The van der Waals surface area contributed by atoms with E-state index in [1.54, 1.807) is 0 Å². The average molecular weight is 478 g/mol. The first-order chi connectivity index (χ1) is 15.8. The molecule has 7 nitrogen and oxygen atoms in total. The summed E-state index contributed by atoms with van der Waals surface area (Å²) in [6, 6.07) is 6.83. The molecule has 1 aliphatic rings. The number of amides is 1. The van der Waals surface area contributed by atoms with Crippen LogP contribution in [0.25, 0.3) is 0 Å². The normalized spacial score (nSPS) is 14.6. The molecule has 1 aromatic heterocycles. The quantitative estimate of drug-likeness (QED) is 0.421. The van der Waals surface area contributed by atoms with Gasteiger partial charge in [0.15, 0.2) is 0 Å². The molecule has 33 heavy (non-hydrogen) atoms. The molecule has 3 N–H and O–H groups in total. The van der Waals surface area contributed by atoms with Gasteiger partial charge in [-0.25, -0.2) is 14.2 Å².